The first-order valence-corrected chi connectivity index (χ1v) is 21.2. The van der Waals surface area contributed by atoms with E-state index in [9.17, 15) is 0 Å². The lowest BCUT2D eigenvalue weighted by Gasteiger charge is -2.13. The molecule has 62 heavy (non-hydrogen) atoms. The molecule has 0 saturated carbocycles. The predicted molar refractivity (Wildman–Crippen MR) is 251 cm³/mol. The van der Waals surface area contributed by atoms with E-state index in [-0.39, 0.29) is 0 Å². The highest BCUT2D eigenvalue weighted by Crippen LogP contribution is 2.38. The van der Waals surface area contributed by atoms with E-state index in [2.05, 4.69) is 144 Å². The minimum absolute atomic E-state index is 0.558. The van der Waals surface area contributed by atoms with Crippen molar-refractivity contribution in [2.75, 3.05) is 0 Å². The molecule has 0 saturated heterocycles. The summed E-state index contributed by atoms with van der Waals surface area (Å²) in [7, 11) is 0. The Morgan fingerprint density at radius 3 is 1.35 bits per heavy atom. The maximum absolute atomic E-state index is 5.24. The van der Waals surface area contributed by atoms with Crippen LogP contribution in [-0.2, 0) is 0 Å². The minimum Gasteiger partial charge on any atom is -0.278 e. The zero-order chi connectivity index (χ0) is 41.2. The maximum atomic E-state index is 5.24. The summed E-state index contributed by atoms with van der Waals surface area (Å²) < 4.78 is 2.14. The molecule has 7 nitrogen and oxygen atoms in total. The first-order chi connectivity index (χ1) is 30.7. The number of aromatic nitrogens is 7. The molecule has 0 spiro atoms. The number of rotatable bonds is 9. The van der Waals surface area contributed by atoms with E-state index in [0.29, 0.717) is 35.1 Å². The molecular formula is C54H35N7S. The topological polar surface area (TPSA) is 82.3 Å². The Morgan fingerprint density at radius 1 is 0.306 bits per heavy atom. The van der Waals surface area contributed by atoms with Gasteiger partial charge in [0.25, 0.3) is 0 Å². The Balaban J connectivity index is 0.991. The molecule has 3 heterocycles. The van der Waals surface area contributed by atoms with Crippen molar-refractivity contribution in [3.63, 3.8) is 0 Å². The van der Waals surface area contributed by atoms with E-state index in [0.717, 1.165) is 70.5 Å². The summed E-state index contributed by atoms with van der Waals surface area (Å²) in [5.74, 6) is 3.57. The summed E-state index contributed by atoms with van der Waals surface area (Å²) in [5.41, 5.74) is 8.89. The Kier molecular flexibility index (Phi) is 9.65. The number of hydrogen-bond acceptors (Lipinski definition) is 7. The maximum Gasteiger partial charge on any atom is 0.238 e. The van der Waals surface area contributed by atoms with Gasteiger partial charge in [0.05, 0.1) is 11.0 Å². The quantitative estimate of drug-likeness (QED) is 0.143. The fourth-order valence-corrected chi connectivity index (χ4v) is 8.80. The third kappa shape index (κ3) is 7.18. The van der Waals surface area contributed by atoms with Crippen LogP contribution in [0.4, 0.5) is 0 Å². The molecule has 0 radical (unpaired) electrons. The van der Waals surface area contributed by atoms with Crippen molar-refractivity contribution in [3.05, 3.63) is 212 Å². The lowest BCUT2D eigenvalue weighted by molar-refractivity contribution is 0.951. The molecule has 0 aliphatic carbocycles. The first-order valence-electron chi connectivity index (χ1n) is 20.4. The number of para-hydroxylation sites is 2. The second-order valence-corrected chi connectivity index (χ2v) is 15.9. The summed E-state index contributed by atoms with van der Waals surface area (Å²) in [6, 6.07) is 72.4. The molecule has 8 heteroatoms. The van der Waals surface area contributed by atoms with Crippen LogP contribution >= 0.6 is 11.8 Å². The molecule has 0 unspecified atom stereocenters. The monoisotopic (exact) mass is 813 g/mol. The molecule has 0 bridgehead atoms. The van der Waals surface area contributed by atoms with E-state index >= 15 is 0 Å². The Hall–Kier alpha value is -8.07. The summed E-state index contributed by atoms with van der Waals surface area (Å²) in [5, 5.41) is 2.29. The molecule has 11 aromatic rings. The average molecular weight is 814 g/mol. The van der Waals surface area contributed by atoms with E-state index in [4.69, 9.17) is 29.9 Å². The second kappa shape index (κ2) is 16.2. The van der Waals surface area contributed by atoms with Gasteiger partial charge in [-0.15, -0.1) is 0 Å². The molecular weight excluding hydrogens is 779 g/mol. The molecule has 0 atom stereocenters. The van der Waals surface area contributed by atoms with Crippen LogP contribution in [0, 0.1) is 0 Å². The summed E-state index contributed by atoms with van der Waals surface area (Å²) in [6.45, 7) is 0. The minimum atomic E-state index is 0.558. The van der Waals surface area contributed by atoms with Gasteiger partial charge >= 0.3 is 0 Å². The van der Waals surface area contributed by atoms with E-state index in [1.165, 1.54) is 0 Å². The lowest BCUT2D eigenvalue weighted by atomic mass is 10.0. The highest BCUT2D eigenvalue weighted by molar-refractivity contribution is 7.99. The molecule has 0 aliphatic heterocycles. The van der Waals surface area contributed by atoms with E-state index < -0.39 is 0 Å². The number of nitrogens with zero attached hydrogens (tertiary/aromatic N) is 7. The van der Waals surface area contributed by atoms with Crippen LogP contribution in [0.2, 0.25) is 0 Å². The zero-order valence-corrected chi connectivity index (χ0v) is 34.1. The fraction of sp³-hybridized carbons (Fsp3) is 0. The van der Waals surface area contributed by atoms with Crippen LogP contribution in [-0.4, -0.2) is 34.5 Å². The molecule has 3 aromatic heterocycles. The molecule has 292 valence electrons. The van der Waals surface area contributed by atoms with Crippen LogP contribution in [0.15, 0.2) is 222 Å². The third-order valence-electron chi connectivity index (χ3n) is 10.8. The van der Waals surface area contributed by atoms with Crippen LogP contribution in [0.3, 0.4) is 0 Å². The summed E-state index contributed by atoms with van der Waals surface area (Å²) in [4.78, 5) is 32.6. The third-order valence-corrected chi connectivity index (χ3v) is 11.9. The number of benzene rings is 8. The van der Waals surface area contributed by atoms with Crippen molar-refractivity contribution in [1.82, 2.24) is 34.5 Å². The largest absolute Gasteiger partial charge is 0.278 e. The smallest absolute Gasteiger partial charge is 0.238 e. The standard InChI is InChI=1S/C54H35N7S/c1-4-17-36(18-5-1)37-31-33-40(34-32-37)50-55-49(38-19-6-2-7-20-38)56-52(57-50)41-23-16-24-42(35-41)62-48-30-15-12-27-45(48)53-58-51(39-21-8-3-9-22-39)59-54(60-53)61-46-28-13-10-25-43(46)44-26-11-14-29-47(44)61/h1-35H. The Labute approximate surface area is 362 Å². The summed E-state index contributed by atoms with van der Waals surface area (Å²) in [6.07, 6.45) is 0. The van der Waals surface area contributed by atoms with Gasteiger partial charge in [0, 0.05) is 48.4 Å². The van der Waals surface area contributed by atoms with Gasteiger partial charge in [-0.05, 0) is 41.5 Å². The van der Waals surface area contributed by atoms with Gasteiger partial charge in [-0.1, -0.05) is 194 Å². The van der Waals surface area contributed by atoms with Crippen LogP contribution in [0.25, 0.3) is 95.8 Å². The van der Waals surface area contributed by atoms with Gasteiger partial charge in [-0.25, -0.2) is 19.9 Å². The van der Waals surface area contributed by atoms with Gasteiger partial charge in [0.1, 0.15) is 0 Å². The van der Waals surface area contributed by atoms with Gasteiger partial charge in [0.2, 0.25) is 5.95 Å². The highest BCUT2D eigenvalue weighted by atomic mass is 32.2. The molecule has 8 aromatic carbocycles. The van der Waals surface area contributed by atoms with E-state index in [1.54, 1.807) is 11.8 Å². The highest BCUT2D eigenvalue weighted by Gasteiger charge is 2.20. The first kappa shape index (κ1) is 37.0. The molecule has 0 aliphatic rings. The van der Waals surface area contributed by atoms with Crippen molar-refractivity contribution in [2.24, 2.45) is 0 Å². The molecule has 0 amide bonds. The Bertz CT molecular complexity index is 3320. The van der Waals surface area contributed by atoms with Crippen molar-refractivity contribution < 1.29 is 0 Å². The van der Waals surface area contributed by atoms with E-state index in [1.807, 2.05) is 72.8 Å². The number of hydrogen-bond donors (Lipinski definition) is 0. The van der Waals surface area contributed by atoms with Crippen LogP contribution in [0.1, 0.15) is 0 Å². The Morgan fingerprint density at radius 2 is 0.726 bits per heavy atom. The van der Waals surface area contributed by atoms with Crippen LogP contribution in [0.5, 0.6) is 0 Å². The summed E-state index contributed by atoms with van der Waals surface area (Å²) >= 11 is 1.65. The van der Waals surface area contributed by atoms with Crippen molar-refractivity contribution in [1.29, 1.82) is 0 Å². The van der Waals surface area contributed by atoms with Crippen molar-refractivity contribution in [2.45, 2.75) is 9.79 Å². The second-order valence-electron chi connectivity index (χ2n) is 14.8. The van der Waals surface area contributed by atoms with Gasteiger partial charge in [-0.2, -0.15) is 9.97 Å². The number of fused-ring (bicyclic) bond motifs is 3. The predicted octanol–water partition coefficient (Wildman–Crippen LogP) is 13.3. The molecule has 0 N–H and O–H groups in total. The van der Waals surface area contributed by atoms with Crippen LogP contribution < -0.4 is 0 Å². The molecule has 11 rings (SSSR count). The normalized spacial score (nSPS) is 11.3. The van der Waals surface area contributed by atoms with Crippen molar-refractivity contribution >= 4 is 33.6 Å². The van der Waals surface area contributed by atoms with Gasteiger partial charge in [0.15, 0.2) is 29.1 Å². The van der Waals surface area contributed by atoms with Crippen molar-refractivity contribution in [3.8, 4) is 74.0 Å². The average Bonchev–Trinajstić information content (AvgIpc) is 3.69. The zero-order valence-electron chi connectivity index (χ0n) is 33.2. The van der Waals surface area contributed by atoms with Gasteiger partial charge in [-0.3, -0.25) is 4.57 Å². The van der Waals surface area contributed by atoms with Gasteiger partial charge < -0.3 is 0 Å². The molecule has 0 fully saturated rings. The lowest BCUT2D eigenvalue weighted by Crippen LogP contribution is -2.06. The fourth-order valence-electron chi connectivity index (χ4n) is 7.80. The SMILES string of the molecule is c1ccc(-c2ccc(-c3nc(-c4ccccc4)nc(-c4cccc(Sc5ccccc5-c5nc(-c6ccccc6)nc(-n6c7ccccc7c7ccccc76)n5)c4)n3)cc2)cc1.